The number of thioether (sulfide) groups is 1. The second kappa shape index (κ2) is 13.7. The SMILES string of the molecule is CCNC(=NCCCSC)N1CCC(COCc2ccccc2)C1.I. The Morgan fingerprint density at radius 1 is 1.36 bits per heavy atom. The number of rotatable bonds is 9. The van der Waals surface area contributed by atoms with E-state index in [1.807, 2.05) is 17.8 Å². The maximum Gasteiger partial charge on any atom is 0.193 e. The van der Waals surface area contributed by atoms with E-state index in [2.05, 4.69) is 47.7 Å². The van der Waals surface area contributed by atoms with Crippen LogP contribution in [0.3, 0.4) is 0 Å². The minimum Gasteiger partial charge on any atom is -0.376 e. The molecule has 1 unspecified atom stereocenters. The van der Waals surface area contributed by atoms with Crippen molar-refractivity contribution < 1.29 is 4.74 Å². The molecule has 1 atom stereocenters. The number of nitrogens with zero attached hydrogens (tertiary/aromatic N) is 2. The van der Waals surface area contributed by atoms with Gasteiger partial charge in [-0.05, 0) is 37.3 Å². The zero-order valence-electron chi connectivity index (χ0n) is 15.4. The third-order valence-corrected chi connectivity index (χ3v) is 4.85. The highest BCUT2D eigenvalue weighted by molar-refractivity contribution is 14.0. The number of aliphatic imine (C=N–C) groups is 1. The van der Waals surface area contributed by atoms with Gasteiger partial charge in [-0.15, -0.1) is 24.0 Å². The highest BCUT2D eigenvalue weighted by atomic mass is 127. The van der Waals surface area contributed by atoms with Gasteiger partial charge in [0.15, 0.2) is 5.96 Å². The summed E-state index contributed by atoms with van der Waals surface area (Å²) in [6, 6.07) is 10.4. The van der Waals surface area contributed by atoms with Gasteiger partial charge in [-0.25, -0.2) is 0 Å². The molecular formula is C19H32IN3OS. The molecular weight excluding hydrogens is 445 g/mol. The Balaban J connectivity index is 0.00000312. The molecule has 1 heterocycles. The predicted molar refractivity (Wildman–Crippen MR) is 120 cm³/mol. The average Bonchev–Trinajstić information content (AvgIpc) is 3.07. The molecule has 0 aromatic heterocycles. The van der Waals surface area contributed by atoms with Crippen LogP contribution in [-0.4, -0.2) is 55.7 Å². The van der Waals surface area contributed by atoms with E-state index in [4.69, 9.17) is 9.73 Å². The number of halogens is 1. The number of hydrogen-bond acceptors (Lipinski definition) is 3. The number of nitrogens with one attached hydrogen (secondary N) is 1. The fraction of sp³-hybridized carbons (Fsp3) is 0.632. The van der Waals surface area contributed by atoms with Crippen molar-refractivity contribution >= 4 is 41.7 Å². The van der Waals surface area contributed by atoms with Crippen LogP contribution >= 0.6 is 35.7 Å². The molecule has 0 aliphatic carbocycles. The Morgan fingerprint density at radius 2 is 2.16 bits per heavy atom. The molecule has 1 N–H and O–H groups in total. The number of hydrogen-bond donors (Lipinski definition) is 1. The molecule has 25 heavy (non-hydrogen) atoms. The number of likely N-dealkylation sites (tertiary alicyclic amines) is 1. The van der Waals surface area contributed by atoms with Gasteiger partial charge in [0.2, 0.25) is 0 Å². The van der Waals surface area contributed by atoms with E-state index >= 15 is 0 Å². The van der Waals surface area contributed by atoms with Gasteiger partial charge >= 0.3 is 0 Å². The lowest BCUT2D eigenvalue weighted by Gasteiger charge is -2.21. The fourth-order valence-electron chi connectivity index (χ4n) is 2.90. The largest absolute Gasteiger partial charge is 0.376 e. The summed E-state index contributed by atoms with van der Waals surface area (Å²) in [4.78, 5) is 7.16. The summed E-state index contributed by atoms with van der Waals surface area (Å²) in [6.45, 7) is 7.63. The van der Waals surface area contributed by atoms with Crippen LogP contribution in [0.15, 0.2) is 35.3 Å². The van der Waals surface area contributed by atoms with Gasteiger partial charge in [0.25, 0.3) is 0 Å². The van der Waals surface area contributed by atoms with Gasteiger partial charge in [0.1, 0.15) is 0 Å². The highest BCUT2D eigenvalue weighted by Crippen LogP contribution is 2.17. The van der Waals surface area contributed by atoms with Crippen molar-refractivity contribution in [2.24, 2.45) is 10.9 Å². The highest BCUT2D eigenvalue weighted by Gasteiger charge is 2.24. The molecule has 0 amide bonds. The third-order valence-electron chi connectivity index (χ3n) is 4.15. The van der Waals surface area contributed by atoms with Crippen LogP contribution in [0.2, 0.25) is 0 Å². The first kappa shape index (κ1) is 22.6. The van der Waals surface area contributed by atoms with Crippen molar-refractivity contribution in [2.45, 2.75) is 26.4 Å². The molecule has 1 aromatic rings. The minimum atomic E-state index is 0. The monoisotopic (exact) mass is 477 g/mol. The lowest BCUT2D eigenvalue weighted by atomic mass is 10.1. The quantitative estimate of drug-likeness (QED) is 0.254. The normalized spacial score (nSPS) is 17.4. The zero-order valence-corrected chi connectivity index (χ0v) is 18.6. The standard InChI is InChI=1S/C19H31N3OS.HI/c1-3-20-19(21-11-7-13-24-2)22-12-10-18(14-22)16-23-15-17-8-5-4-6-9-17;/h4-6,8-9,18H,3,7,10-16H2,1-2H3,(H,20,21);1H. The second-order valence-electron chi connectivity index (χ2n) is 6.18. The molecule has 1 aliphatic rings. The lowest BCUT2D eigenvalue weighted by Crippen LogP contribution is -2.40. The van der Waals surface area contributed by atoms with Gasteiger partial charge < -0.3 is 15.0 Å². The van der Waals surface area contributed by atoms with E-state index in [0.717, 1.165) is 45.2 Å². The molecule has 0 radical (unpaired) electrons. The van der Waals surface area contributed by atoms with Crippen LogP contribution in [0, 0.1) is 5.92 Å². The van der Waals surface area contributed by atoms with Crippen LogP contribution in [0.25, 0.3) is 0 Å². The summed E-state index contributed by atoms with van der Waals surface area (Å²) < 4.78 is 5.92. The van der Waals surface area contributed by atoms with E-state index in [9.17, 15) is 0 Å². The summed E-state index contributed by atoms with van der Waals surface area (Å²) in [5, 5.41) is 3.43. The molecule has 0 spiro atoms. The van der Waals surface area contributed by atoms with E-state index < -0.39 is 0 Å². The van der Waals surface area contributed by atoms with Crippen molar-refractivity contribution in [3.63, 3.8) is 0 Å². The van der Waals surface area contributed by atoms with E-state index in [1.165, 1.54) is 17.7 Å². The third kappa shape index (κ3) is 8.64. The first-order chi connectivity index (χ1) is 11.8. The Morgan fingerprint density at radius 3 is 2.88 bits per heavy atom. The van der Waals surface area contributed by atoms with Gasteiger partial charge in [-0.2, -0.15) is 11.8 Å². The Labute approximate surface area is 174 Å². The van der Waals surface area contributed by atoms with E-state index in [-0.39, 0.29) is 24.0 Å². The van der Waals surface area contributed by atoms with Crippen molar-refractivity contribution in [3.8, 4) is 0 Å². The Kier molecular flexibility index (Phi) is 12.4. The molecule has 2 rings (SSSR count). The summed E-state index contributed by atoms with van der Waals surface area (Å²) in [5.41, 5.74) is 1.25. The maximum absolute atomic E-state index is 5.92. The van der Waals surface area contributed by atoms with Crippen LogP contribution in [-0.2, 0) is 11.3 Å². The Bertz CT molecular complexity index is 487. The Hall–Kier alpha value is -0.470. The average molecular weight is 477 g/mol. The molecule has 1 aliphatic heterocycles. The summed E-state index contributed by atoms with van der Waals surface area (Å²) in [5.74, 6) is 2.85. The molecule has 1 fully saturated rings. The molecule has 4 nitrogen and oxygen atoms in total. The van der Waals surface area contributed by atoms with Crippen molar-refractivity contribution in [1.29, 1.82) is 0 Å². The fourth-order valence-corrected chi connectivity index (χ4v) is 3.32. The van der Waals surface area contributed by atoms with Crippen molar-refractivity contribution in [2.75, 3.05) is 44.8 Å². The first-order valence-corrected chi connectivity index (χ1v) is 10.4. The van der Waals surface area contributed by atoms with E-state index in [1.54, 1.807) is 0 Å². The van der Waals surface area contributed by atoms with Gasteiger partial charge in [0, 0.05) is 32.1 Å². The van der Waals surface area contributed by atoms with Gasteiger partial charge in [0.05, 0.1) is 13.2 Å². The zero-order chi connectivity index (χ0) is 17.0. The predicted octanol–water partition coefficient (Wildman–Crippen LogP) is 3.86. The van der Waals surface area contributed by atoms with Gasteiger partial charge in [-0.1, -0.05) is 30.3 Å². The first-order valence-electron chi connectivity index (χ1n) is 8.97. The maximum atomic E-state index is 5.92. The molecule has 0 saturated carbocycles. The molecule has 1 saturated heterocycles. The number of benzene rings is 1. The summed E-state index contributed by atoms with van der Waals surface area (Å²) >= 11 is 1.89. The number of guanidine groups is 1. The topological polar surface area (TPSA) is 36.9 Å². The van der Waals surface area contributed by atoms with Crippen LogP contribution < -0.4 is 5.32 Å². The summed E-state index contributed by atoms with van der Waals surface area (Å²) in [7, 11) is 0. The molecule has 0 bridgehead atoms. The summed E-state index contributed by atoms with van der Waals surface area (Å²) in [6.07, 6.45) is 4.48. The smallest absolute Gasteiger partial charge is 0.193 e. The number of ether oxygens (including phenoxy) is 1. The van der Waals surface area contributed by atoms with E-state index in [0.29, 0.717) is 12.5 Å². The van der Waals surface area contributed by atoms with Crippen molar-refractivity contribution in [1.82, 2.24) is 10.2 Å². The molecule has 6 heteroatoms. The lowest BCUT2D eigenvalue weighted by molar-refractivity contribution is 0.0907. The molecule has 1 aromatic carbocycles. The van der Waals surface area contributed by atoms with Crippen LogP contribution in [0.5, 0.6) is 0 Å². The second-order valence-corrected chi connectivity index (χ2v) is 7.17. The molecule has 142 valence electrons. The van der Waals surface area contributed by atoms with Gasteiger partial charge in [-0.3, -0.25) is 4.99 Å². The minimum absolute atomic E-state index is 0. The van der Waals surface area contributed by atoms with Crippen LogP contribution in [0.4, 0.5) is 0 Å². The van der Waals surface area contributed by atoms with Crippen molar-refractivity contribution in [3.05, 3.63) is 35.9 Å². The van der Waals surface area contributed by atoms with Crippen LogP contribution in [0.1, 0.15) is 25.3 Å².